The molecular weight excluding hydrogens is 316 g/mol. The van der Waals surface area contributed by atoms with Gasteiger partial charge in [-0.2, -0.15) is 0 Å². The Kier molecular flexibility index (Phi) is 4.43. The second-order valence-corrected chi connectivity index (χ2v) is 5.20. The average Bonchev–Trinajstić information content (AvgIpc) is 2.90. The van der Waals surface area contributed by atoms with Crippen LogP contribution < -0.4 is 14.8 Å². The molecule has 18 heavy (non-hydrogen) atoms. The van der Waals surface area contributed by atoms with E-state index in [1.54, 1.807) is 31.8 Å². The van der Waals surface area contributed by atoms with Gasteiger partial charge in [-0.25, -0.2) is 4.98 Å². The third-order valence-corrected chi connectivity index (χ3v) is 3.91. The van der Waals surface area contributed by atoms with E-state index in [1.165, 1.54) is 0 Å². The highest BCUT2D eigenvalue weighted by Gasteiger charge is 2.13. The number of aromatic nitrogens is 1. The van der Waals surface area contributed by atoms with Gasteiger partial charge in [-0.15, -0.1) is 11.3 Å². The number of thiazole rings is 1. The normalized spacial score (nSPS) is 10.2. The first-order valence-corrected chi connectivity index (χ1v) is 6.96. The molecule has 0 aliphatic heterocycles. The van der Waals surface area contributed by atoms with Crippen LogP contribution in [-0.2, 0) is 6.54 Å². The van der Waals surface area contributed by atoms with Crippen LogP contribution in [0.2, 0.25) is 0 Å². The Morgan fingerprint density at radius 3 is 2.78 bits per heavy atom. The van der Waals surface area contributed by atoms with E-state index in [4.69, 9.17) is 9.47 Å². The van der Waals surface area contributed by atoms with E-state index in [-0.39, 0.29) is 0 Å². The third-order valence-electron chi connectivity index (χ3n) is 2.44. The van der Waals surface area contributed by atoms with Crippen molar-refractivity contribution in [2.24, 2.45) is 0 Å². The monoisotopic (exact) mass is 328 g/mol. The van der Waals surface area contributed by atoms with Gasteiger partial charge in [0, 0.05) is 28.2 Å². The molecule has 1 aromatic heterocycles. The molecule has 0 saturated carbocycles. The number of nitrogens with zero attached hydrogens (tertiary/aromatic N) is 1. The van der Waals surface area contributed by atoms with Crippen molar-refractivity contribution < 1.29 is 9.47 Å². The summed E-state index contributed by atoms with van der Waals surface area (Å²) in [5.41, 5.74) is 1.01. The van der Waals surface area contributed by atoms with Gasteiger partial charge >= 0.3 is 0 Å². The molecule has 0 fully saturated rings. The number of methoxy groups -OCH3 is 2. The molecule has 0 aliphatic carbocycles. The Labute approximate surface area is 118 Å². The molecule has 0 spiro atoms. The molecule has 2 rings (SSSR count). The minimum atomic E-state index is 0.620. The molecule has 1 aromatic carbocycles. The molecule has 6 heteroatoms. The van der Waals surface area contributed by atoms with Crippen molar-refractivity contribution in [2.75, 3.05) is 19.5 Å². The number of rotatable bonds is 5. The third kappa shape index (κ3) is 2.76. The first-order valence-electron chi connectivity index (χ1n) is 5.29. The molecule has 4 nitrogen and oxygen atoms in total. The van der Waals surface area contributed by atoms with Crippen LogP contribution in [0.3, 0.4) is 0 Å². The largest absolute Gasteiger partial charge is 0.493 e. The van der Waals surface area contributed by atoms with Gasteiger partial charge in [0.2, 0.25) is 0 Å². The van der Waals surface area contributed by atoms with Crippen molar-refractivity contribution >= 4 is 32.4 Å². The summed E-state index contributed by atoms with van der Waals surface area (Å²) in [4.78, 5) is 4.18. The fourth-order valence-electron chi connectivity index (χ4n) is 1.61. The number of hydrogen-bond donors (Lipinski definition) is 1. The molecule has 0 bridgehead atoms. The van der Waals surface area contributed by atoms with Crippen molar-refractivity contribution in [3.8, 4) is 11.5 Å². The summed E-state index contributed by atoms with van der Waals surface area (Å²) in [6.07, 6.45) is 1.77. The fourth-order valence-corrected chi connectivity index (χ4v) is 2.59. The minimum Gasteiger partial charge on any atom is -0.493 e. The number of nitrogens with one attached hydrogen (secondary N) is 1. The molecule has 0 saturated heterocycles. The van der Waals surface area contributed by atoms with Crippen molar-refractivity contribution in [2.45, 2.75) is 6.54 Å². The van der Waals surface area contributed by atoms with Crippen LogP contribution in [0.15, 0.2) is 28.2 Å². The summed E-state index contributed by atoms with van der Waals surface area (Å²) in [7, 11) is 3.26. The zero-order valence-corrected chi connectivity index (χ0v) is 12.5. The molecule has 1 heterocycles. The zero-order chi connectivity index (χ0) is 13.0. The summed E-state index contributed by atoms with van der Waals surface area (Å²) in [6.45, 7) is 0.620. The Bertz CT molecular complexity index is 517. The lowest BCUT2D eigenvalue weighted by Gasteiger charge is -2.14. The minimum absolute atomic E-state index is 0.620. The highest BCUT2D eigenvalue weighted by atomic mass is 79.9. The van der Waals surface area contributed by atoms with Crippen molar-refractivity contribution in [3.05, 3.63) is 33.7 Å². The summed E-state index contributed by atoms with van der Waals surface area (Å²) < 4.78 is 11.7. The fraction of sp³-hybridized carbons (Fsp3) is 0.250. The first kappa shape index (κ1) is 13.2. The Morgan fingerprint density at radius 1 is 1.33 bits per heavy atom. The molecule has 0 atom stereocenters. The molecule has 0 radical (unpaired) electrons. The number of halogens is 1. The summed E-state index contributed by atoms with van der Waals surface area (Å²) in [5.74, 6) is 1.45. The number of hydrogen-bond acceptors (Lipinski definition) is 5. The molecular formula is C12H13BrN2O2S. The Morgan fingerprint density at radius 2 is 2.17 bits per heavy atom. The summed E-state index contributed by atoms with van der Waals surface area (Å²) >= 11 is 5.08. The van der Waals surface area contributed by atoms with E-state index >= 15 is 0 Å². The predicted molar refractivity (Wildman–Crippen MR) is 76.7 cm³/mol. The van der Waals surface area contributed by atoms with Crippen LogP contribution in [0.5, 0.6) is 11.5 Å². The second-order valence-electron chi connectivity index (χ2n) is 3.45. The maximum absolute atomic E-state index is 5.41. The lowest BCUT2D eigenvalue weighted by atomic mass is 10.2. The Hall–Kier alpha value is -1.27. The molecule has 0 aliphatic rings. The van der Waals surface area contributed by atoms with Crippen molar-refractivity contribution in [1.82, 2.24) is 4.98 Å². The van der Waals surface area contributed by atoms with Crippen LogP contribution >= 0.6 is 27.3 Å². The van der Waals surface area contributed by atoms with Gasteiger partial charge in [-0.3, -0.25) is 0 Å². The molecule has 2 aromatic rings. The molecule has 96 valence electrons. The molecule has 0 unspecified atom stereocenters. The van der Waals surface area contributed by atoms with Gasteiger partial charge < -0.3 is 14.8 Å². The van der Waals surface area contributed by atoms with E-state index in [1.807, 2.05) is 17.5 Å². The number of benzene rings is 1. The lowest BCUT2D eigenvalue weighted by molar-refractivity contribution is 0.351. The average molecular weight is 329 g/mol. The van der Waals surface area contributed by atoms with Crippen LogP contribution in [0.1, 0.15) is 5.56 Å². The van der Waals surface area contributed by atoms with E-state index in [9.17, 15) is 0 Å². The molecule has 0 amide bonds. The maximum Gasteiger partial charge on any atom is 0.182 e. The highest BCUT2D eigenvalue weighted by Crippen LogP contribution is 2.36. The highest BCUT2D eigenvalue weighted by molar-refractivity contribution is 9.10. The van der Waals surface area contributed by atoms with Crippen LogP contribution in [0, 0.1) is 0 Å². The van der Waals surface area contributed by atoms with Crippen LogP contribution in [0.25, 0.3) is 0 Å². The second kappa shape index (κ2) is 6.06. The standard InChI is InChI=1S/C12H13BrN2O2S/c1-16-10-4-3-9(13)8(11(10)17-2)7-15-12-14-5-6-18-12/h3-6H,7H2,1-2H3,(H,14,15). The van der Waals surface area contributed by atoms with Gasteiger partial charge in [0.15, 0.2) is 16.6 Å². The quantitative estimate of drug-likeness (QED) is 0.911. The van der Waals surface area contributed by atoms with E-state index in [2.05, 4.69) is 26.2 Å². The lowest BCUT2D eigenvalue weighted by Crippen LogP contribution is -2.03. The van der Waals surface area contributed by atoms with Gasteiger partial charge in [-0.1, -0.05) is 15.9 Å². The smallest absolute Gasteiger partial charge is 0.182 e. The van der Waals surface area contributed by atoms with Crippen molar-refractivity contribution in [1.29, 1.82) is 0 Å². The number of ether oxygens (including phenoxy) is 2. The van der Waals surface area contributed by atoms with Gasteiger partial charge in [0.05, 0.1) is 14.2 Å². The number of anilines is 1. The van der Waals surface area contributed by atoms with Gasteiger partial charge in [0.1, 0.15) is 0 Å². The summed E-state index contributed by atoms with van der Waals surface area (Å²) in [6, 6.07) is 3.82. The first-order chi connectivity index (χ1) is 8.76. The predicted octanol–water partition coefficient (Wildman–Crippen LogP) is 3.53. The summed E-state index contributed by atoms with van der Waals surface area (Å²) in [5, 5.41) is 6.06. The zero-order valence-electron chi connectivity index (χ0n) is 10.1. The SMILES string of the molecule is COc1ccc(Br)c(CNc2nccs2)c1OC. The van der Waals surface area contributed by atoms with Crippen molar-refractivity contribution in [3.63, 3.8) is 0 Å². The molecule has 1 N–H and O–H groups in total. The van der Waals surface area contributed by atoms with E-state index < -0.39 is 0 Å². The topological polar surface area (TPSA) is 43.4 Å². The van der Waals surface area contributed by atoms with Crippen LogP contribution in [-0.4, -0.2) is 19.2 Å². The van der Waals surface area contributed by atoms with E-state index in [0.29, 0.717) is 6.54 Å². The van der Waals surface area contributed by atoms with Gasteiger partial charge in [0.25, 0.3) is 0 Å². The van der Waals surface area contributed by atoms with E-state index in [0.717, 1.165) is 26.7 Å². The van der Waals surface area contributed by atoms with Gasteiger partial charge in [-0.05, 0) is 12.1 Å². The maximum atomic E-state index is 5.41. The van der Waals surface area contributed by atoms with Crippen LogP contribution in [0.4, 0.5) is 5.13 Å². The Balaban J connectivity index is 2.25.